The van der Waals surface area contributed by atoms with Crippen LogP contribution in [0.1, 0.15) is 35.5 Å². The van der Waals surface area contributed by atoms with Crippen LogP contribution >= 0.6 is 34.9 Å². The SMILES string of the molecule is COC(=O)[C@H](CCSC)NC(=O)c1sc(SC(C)C)c(C#N)c1-c1cccc2c1oc1ccccc12. The summed E-state index contributed by atoms with van der Waals surface area (Å²) in [6.07, 6.45) is 2.38. The van der Waals surface area contributed by atoms with Crippen molar-refractivity contribution >= 4 is 68.7 Å². The van der Waals surface area contributed by atoms with Gasteiger partial charge in [-0.2, -0.15) is 17.0 Å². The van der Waals surface area contributed by atoms with Gasteiger partial charge >= 0.3 is 5.97 Å². The normalized spacial score (nSPS) is 12.1. The van der Waals surface area contributed by atoms with E-state index in [4.69, 9.17) is 9.15 Å². The molecule has 0 unspecified atom stereocenters. The molecule has 1 atom stereocenters. The van der Waals surface area contributed by atoms with Crippen molar-refractivity contribution in [2.75, 3.05) is 19.1 Å². The Morgan fingerprint density at radius 2 is 1.92 bits per heavy atom. The number of thioether (sulfide) groups is 2. The van der Waals surface area contributed by atoms with E-state index >= 15 is 0 Å². The Morgan fingerprint density at radius 1 is 1.17 bits per heavy atom. The monoisotopic (exact) mass is 538 g/mol. The number of nitrogens with one attached hydrogen (secondary N) is 1. The number of nitriles is 1. The Bertz CT molecular complexity index is 1470. The number of thiophene rings is 1. The summed E-state index contributed by atoms with van der Waals surface area (Å²) in [5, 5.41) is 15.2. The van der Waals surface area contributed by atoms with Crippen molar-refractivity contribution in [2.24, 2.45) is 0 Å². The predicted octanol–water partition coefficient (Wildman–Crippen LogP) is 6.71. The molecular weight excluding hydrogens is 513 g/mol. The number of furan rings is 1. The van der Waals surface area contributed by atoms with Crippen LogP contribution in [0, 0.1) is 11.3 Å². The molecule has 9 heteroatoms. The topological polar surface area (TPSA) is 92.3 Å². The number of carbonyl (C=O) groups is 2. The van der Waals surface area contributed by atoms with Gasteiger partial charge in [-0.3, -0.25) is 4.79 Å². The molecule has 4 rings (SSSR count). The number of nitrogens with zero attached hydrogens (tertiary/aromatic N) is 1. The summed E-state index contributed by atoms with van der Waals surface area (Å²) >= 11 is 4.40. The van der Waals surface area contributed by atoms with E-state index in [1.54, 1.807) is 23.5 Å². The molecule has 0 saturated heterocycles. The zero-order chi connectivity index (χ0) is 25.8. The maximum absolute atomic E-state index is 13.6. The molecule has 4 aromatic rings. The lowest BCUT2D eigenvalue weighted by molar-refractivity contribution is -0.142. The van der Waals surface area contributed by atoms with E-state index in [0.717, 1.165) is 20.6 Å². The summed E-state index contributed by atoms with van der Waals surface area (Å²) in [6.45, 7) is 4.08. The molecule has 0 fully saturated rings. The predicted molar refractivity (Wildman–Crippen MR) is 149 cm³/mol. The standard InChI is InChI=1S/C27H26N2O4S3/c1-15(2)35-27-19(14-28)22(24(36-27)25(30)29-20(12-13-34-4)26(31)32-3)18-10-7-9-17-16-8-5-6-11-21(16)33-23(17)18/h5-11,15,20H,12-13H2,1-4H3,(H,29,30)/t20-/m0/s1. The molecule has 0 aliphatic heterocycles. The van der Waals surface area contributed by atoms with Crippen molar-refractivity contribution in [1.29, 1.82) is 5.26 Å². The number of carbonyl (C=O) groups excluding carboxylic acids is 2. The zero-order valence-electron chi connectivity index (χ0n) is 20.4. The highest BCUT2D eigenvalue weighted by atomic mass is 32.2. The molecule has 0 saturated carbocycles. The molecule has 36 heavy (non-hydrogen) atoms. The molecule has 1 N–H and O–H groups in total. The van der Waals surface area contributed by atoms with Crippen molar-refractivity contribution < 1.29 is 18.7 Å². The lowest BCUT2D eigenvalue weighted by Gasteiger charge is -2.16. The Hall–Kier alpha value is -2.93. The molecule has 6 nitrogen and oxygen atoms in total. The number of hydrogen-bond acceptors (Lipinski definition) is 8. The third kappa shape index (κ3) is 5.12. The lowest BCUT2D eigenvalue weighted by atomic mass is 9.99. The van der Waals surface area contributed by atoms with Gasteiger partial charge in [0, 0.05) is 27.1 Å². The van der Waals surface area contributed by atoms with E-state index in [-0.39, 0.29) is 5.25 Å². The first kappa shape index (κ1) is 26.1. The maximum atomic E-state index is 13.6. The first-order valence-corrected chi connectivity index (χ1v) is 14.5. The molecular formula is C27H26N2O4S3. The minimum absolute atomic E-state index is 0.214. The van der Waals surface area contributed by atoms with Crippen LogP contribution in [0.5, 0.6) is 0 Å². The van der Waals surface area contributed by atoms with Gasteiger partial charge in [0.05, 0.1) is 16.9 Å². The smallest absolute Gasteiger partial charge is 0.328 e. The van der Waals surface area contributed by atoms with E-state index < -0.39 is 17.9 Å². The number of hydrogen-bond donors (Lipinski definition) is 1. The quantitative estimate of drug-likeness (QED) is 0.187. The van der Waals surface area contributed by atoms with Gasteiger partial charge in [0.15, 0.2) is 0 Å². The molecule has 0 bridgehead atoms. The molecule has 0 spiro atoms. The molecule has 2 aromatic heterocycles. The van der Waals surface area contributed by atoms with Gasteiger partial charge in [0.2, 0.25) is 0 Å². The van der Waals surface area contributed by atoms with Crippen LogP contribution < -0.4 is 5.32 Å². The highest BCUT2D eigenvalue weighted by Gasteiger charge is 2.30. The fourth-order valence-electron chi connectivity index (χ4n) is 4.02. The van der Waals surface area contributed by atoms with Gasteiger partial charge in [0.1, 0.15) is 28.2 Å². The number of fused-ring (bicyclic) bond motifs is 3. The minimum Gasteiger partial charge on any atom is -0.467 e. The van der Waals surface area contributed by atoms with Crippen LogP contribution in [0.15, 0.2) is 51.1 Å². The second-order valence-corrected chi connectivity index (χ2v) is 12.2. The summed E-state index contributed by atoms with van der Waals surface area (Å²) in [5.41, 5.74) is 3.00. The van der Waals surface area contributed by atoms with E-state index in [1.165, 1.54) is 18.4 Å². The van der Waals surface area contributed by atoms with E-state index in [9.17, 15) is 14.9 Å². The molecule has 0 aliphatic rings. The van der Waals surface area contributed by atoms with Gasteiger partial charge in [-0.25, -0.2) is 4.79 Å². The summed E-state index contributed by atoms with van der Waals surface area (Å²) in [4.78, 5) is 26.4. The third-order valence-electron chi connectivity index (χ3n) is 5.61. The van der Waals surface area contributed by atoms with Crippen LogP contribution in [-0.4, -0.2) is 42.3 Å². The van der Waals surface area contributed by atoms with Crippen LogP contribution in [0.3, 0.4) is 0 Å². The van der Waals surface area contributed by atoms with E-state index in [0.29, 0.717) is 39.3 Å². The van der Waals surface area contributed by atoms with Crippen molar-refractivity contribution in [3.05, 3.63) is 52.9 Å². The first-order valence-electron chi connectivity index (χ1n) is 11.4. The largest absolute Gasteiger partial charge is 0.467 e. The van der Waals surface area contributed by atoms with E-state index in [1.807, 2.05) is 62.6 Å². The summed E-state index contributed by atoms with van der Waals surface area (Å²) in [5.74, 6) is -0.216. The summed E-state index contributed by atoms with van der Waals surface area (Å²) < 4.78 is 11.9. The maximum Gasteiger partial charge on any atom is 0.328 e. The number of ether oxygens (including phenoxy) is 1. The zero-order valence-corrected chi connectivity index (χ0v) is 22.9. The van der Waals surface area contributed by atoms with E-state index in [2.05, 4.69) is 11.4 Å². The first-order chi connectivity index (χ1) is 17.4. The number of rotatable bonds is 9. The highest BCUT2D eigenvalue weighted by molar-refractivity contribution is 8.01. The summed E-state index contributed by atoms with van der Waals surface area (Å²) in [6, 6.07) is 15.1. The molecule has 2 aromatic carbocycles. The van der Waals surface area contributed by atoms with Gasteiger partial charge in [-0.1, -0.05) is 50.2 Å². The molecule has 186 valence electrons. The molecule has 1 amide bonds. The van der Waals surface area contributed by atoms with Crippen LogP contribution in [0.2, 0.25) is 0 Å². The molecule has 0 radical (unpaired) electrons. The van der Waals surface area contributed by atoms with Gasteiger partial charge in [-0.05, 0) is 24.5 Å². The average Bonchev–Trinajstić information content (AvgIpc) is 3.43. The lowest BCUT2D eigenvalue weighted by Crippen LogP contribution is -2.41. The second kappa shape index (κ2) is 11.4. The number of esters is 1. The van der Waals surface area contributed by atoms with Gasteiger partial charge in [-0.15, -0.1) is 23.1 Å². The van der Waals surface area contributed by atoms with Crippen molar-refractivity contribution in [2.45, 2.75) is 35.8 Å². The average molecular weight is 539 g/mol. The Kier molecular flexibility index (Phi) is 8.29. The van der Waals surface area contributed by atoms with Gasteiger partial charge < -0.3 is 14.5 Å². The van der Waals surface area contributed by atoms with Gasteiger partial charge in [0.25, 0.3) is 5.91 Å². The number of benzene rings is 2. The van der Waals surface area contributed by atoms with Crippen molar-refractivity contribution in [1.82, 2.24) is 5.32 Å². The molecule has 2 heterocycles. The number of amides is 1. The third-order valence-corrected chi connectivity index (χ3v) is 8.67. The van der Waals surface area contributed by atoms with Crippen molar-refractivity contribution in [3.63, 3.8) is 0 Å². The second-order valence-electron chi connectivity index (χ2n) is 8.36. The number of para-hydroxylation sites is 2. The molecule has 0 aliphatic carbocycles. The fourth-order valence-corrected chi connectivity index (χ4v) is 7.11. The van der Waals surface area contributed by atoms with Crippen LogP contribution in [0.25, 0.3) is 33.1 Å². The minimum atomic E-state index is -0.779. The summed E-state index contributed by atoms with van der Waals surface area (Å²) in [7, 11) is 1.31. The highest BCUT2D eigenvalue weighted by Crippen LogP contribution is 2.46. The van der Waals surface area contributed by atoms with Crippen LogP contribution in [0.4, 0.5) is 0 Å². The van der Waals surface area contributed by atoms with Crippen molar-refractivity contribution in [3.8, 4) is 17.2 Å². The Balaban J connectivity index is 1.90. The number of methoxy groups -OCH3 is 1. The fraction of sp³-hybridized carbons (Fsp3) is 0.296. The Labute approximate surface area is 222 Å². The van der Waals surface area contributed by atoms with Crippen LogP contribution in [-0.2, 0) is 9.53 Å². The Morgan fingerprint density at radius 3 is 2.61 bits per heavy atom.